The fourth-order valence-corrected chi connectivity index (χ4v) is 4.14. The zero-order chi connectivity index (χ0) is 23.3. The number of sulfonamides is 1. The molecule has 0 radical (unpaired) electrons. The van der Waals surface area contributed by atoms with Crippen LogP contribution in [0.2, 0.25) is 5.02 Å². The minimum atomic E-state index is -3.79. The minimum absolute atomic E-state index is 0.00907. The van der Waals surface area contributed by atoms with Gasteiger partial charge in [-0.3, -0.25) is 0 Å². The van der Waals surface area contributed by atoms with Gasteiger partial charge in [-0.05, 0) is 60.9 Å². The van der Waals surface area contributed by atoms with E-state index in [4.69, 9.17) is 21.1 Å². The van der Waals surface area contributed by atoms with Crippen LogP contribution in [0, 0.1) is 12.7 Å². The summed E-state index contributed by atoms with van der Waals surface area (Å²) in [5.41, 5.74) is 1.71. The zero-order valence-electron chi connectivity index (χ0n) is 17.4. The van der Waals surface area contributed by atoms with Crippen molar-refractivity contribution in [3.63, 3.8) is 0 Å². The number of methoxy groups -OCH3 is 1. The lowest BCUT2D eigenvalue weighted by Crippen LogP contribution is -2.26. The summed E-state index contributed by atoms with van der Waals surface area (Å²) in [7, 11) is -2.55. The summed E-state index contributed by atoms with van der Waals surface area (Å²) in [4.78, 5) is 11.8. The second kappa shape index (κ2) is 10.1. The number of halogens is 2. The summed E-state index contributed by atoms with van der Waals surface area (Å²) in [5, 5.41) is -0.0290. The average molecular weight is 478 g/mol. The Morgan fingerprint density at radius 2 is 1.72 bits per heavy atom. The van der Waals surface area contributed by atoms with Crippen molar-refractivity contribution < 1.29 is 27.1 Å². The first-order valence-corrected chi connectivity index (χ1v) is 11.5. The van der Waals surface area contributed by atoms with Crippen molar-refractivity contribution >= 4 is 27.6 Å². The molecule has 0 fully saturated rings. The lowest BCUT2D eigenvalue weighted by Gasteiger charge is -2.10. The number of esters is 1. The highest BCUT2D eigenvalue weighted by atomic mass is 35.5. The summed E-state index contributed by atoms with van der Waals surface area (Å²) < 4.78 is 51.3. The van der Waals surface area contributed by atoms with E-state index in [1.807, 2.05) is 0 Å². The van der Waals surface area contributed by atoms with E-state index in [9.17, 15) is 17.6 Å². The van der Waals surface area contributed by atoms with Gasteiger partial charge in [0.15, 0.2) is 0 Å². The number of hydrogen-bond donors (Lipinski definition) is 1. The van der Waals surface area contributed by atoms with E-state index >= 15 is 0 Å². The number of carbonyl (C=O) groups excluding carboxylic acids is 1. The van der Waals surface area contributed by atoms with Gasteiger partial charge in [-0.2, -0.15) is 0 Å². The number of carbonyl (C=O) groups is 1. The molecule has 168 valence electrons. The van der Waals surface area contributed by atoms with Crippen LogP contribution in [-0.4, -0.2) is 28.0 Å². The fourth-order valence-electron chi connectivity index (χ4n) is 2.91. The summed E-state index contributed by atoms with van der Waals surface area (Å²) >= 11 is 5.75. The van der Waals surface area contributed by atoms with Gasteiger partial charge in [0.2, 0.25) is 10.0 Å². The molecule has 3 aromatic rings. The molecule has 0 saturated carbocycles. The van der Waals surface area contributed by atoms with Crippen molar-refractivity contribution in [2.45, 2.75) is 18.2 Å². The Morgan fingerprint density at radius 3 is 2.38 bits per heavy atom. The largest absolute Gasteiger partial charge is 0.465 e. The van der Waals surface area contributed by atoms with Gasteiger partial charge in [0, 0.05) is 12.6 Å². The van der Waals surface area contributed by atoms with Crippen molar-refractivity contribution in [2.75, 3.05) is 13.7 Å². The number of rotatable bonds is 8. The third kappa shape index (κ3) is 5.85. The van der Waals surface area contributed by atoms with Crippen molar-refractivity contribution in [2.24, 2.45) is 0 Å². The molecule has 0 aliphatic rings. The minimum Gasteiger partial charge on any atom is -0.465 e. The van der Waals surface area contributed by atoms with Crippen molar-refractivity contribution in [3.8, 4) is 11.5 Å². The summed E-state index contributed by atoms with van der Waals surface area (Å²) in [6.07, 6.45) is 0.442. The highest BCUT2D eigenvalue weighted by Gasteiger charge is 2.18. The fraction of sp³-hybridized carbons (Fsp3) is 0.174. The Balaban J connectivity index is 1.60. The van der Waals surface area contributed by atoms with Crippen LogP contribution in [-0.2, 0) is 21.2 Å². The maximum atomic E-state index is 13.2. The van der Waals surface area contributed by atoms with Crippen LogP contribution < -0.4 is 9.46 Å². The first kappa shape index (κ1) is 23.7. The van der Waals surface area contributed by atoms with E-state index in [0.29, 0.717) is 23.5 Å². The van der Waals surface area contributed by atoms with E-state index in [-0.39, 0.29) is 22.0 Å². The number of nitrogens with one attached hydrogen (secondary N) is 1. The molecule has 3 aromatic carbocycles. The van der Waals surface area contributed by atoms with E-state index < -0.39 is 21.8 Å². The summed E-state index contributed by atoms with van der Waals surface area (Å²) in [5.74, 6) is -0.179. The smallest absolute Gasteiger partial charge is 0.338 e. The molecule has 0 bridgehead atoms. The summed E-state index contributed by atoms with van der Waals surface area (Å²) in [6, 6.07) is 15.4. The van der Waals surface area contributed by atoms with Gasteiger partial charge in [0.05, 0.1) is 22.6 Å². The van der Waals surface area contributed by atoms with Gasteiger partial charge < -0.3 is 9.47 Å². The predicted octanol–water partition coefficient (Wildman–Crippen LogP) is 4.89. The van der Waals surface area contributed by atoms with Crippen molar-refractivity contribution in [1.82, 2.24) is 4.72 Å². The van der Waals surface area contributed by atoms with Crippen molar-refractivity contribution in [3.05, 3.63) is 88.2 Å². The molecule has 6 nitrogen and oxygen atoms in total. The maximum absolute atomic E-state index is 13.2. The van der Waals surface area contributed by atoms with E-state index in [2.05, 4.69) is 4.72 Å². The third-order valence-corrected chi connectivity index (χ3v) is 6.43. The Hall–Kier alpha value is -2.94. The Kier molecular flexibility index (Phi) is 7.50. The Labute approximate surface area is 191 Å². The average Bonchev–Trinajstić information content (AvgIpc) is 2.77. The lowest BCUT2D eigenvalue weighted by molar-refractivity contribution is 0.0599. The number of hydrogen-bond acceptors (Lipinski definition) is 5. The predicted molar refractivity (Wildman–Crippen MR) is 119 cm³/mol. The molecule has 0 unspecified atom stereocenters. The molecule has 0 saturated heterocycles. The van der Waals surface area contributed by atoms with Crippen LogP contribution in [0.5, 0.6) is 11.5 Å². The van der Waals surface area contributed by atoms with Crippen molar-refractivity contribution in [1.29, 1.82) is 0 Å². The molecule has 0 heterocycles. The van der Waals surface area contributed by atoms with Gasteiger partial charge >= 0.3 is 5.97 Å². The molecule has 1 N–H and O–H groups in total. The monoisotopic (exact) mass is 477 g/mol. The molecule has 0 spiro atoms. The first-order chi connectivity index (χ1) is 15.2. The molecule has 32 heavy (non-hydrogen) atoms. The number of ether oxygens (including phenoxy) is 2. The van der Waals surface area contributed by atoms with Crippen LogP contribution in [0.1, 0.15) is 21.5 Å². The maximum Gasteiger partial charge on any atom is 0.338 e. The standard InChI is InChI=1S/C23H21ClFNO5S/c1-15-3-9-19(14-20(15)23(27)30-2)32(28,29)26-12-11-16-4-6-17(7-5-16)31-18-8-10-22(25)21(24)13-18/h3-10,13-14,26H,11-12H2,1-2H3. The second-order valence-corrected chi connectivity index (χ2v) is 9.11. The SMILES string of the molecule is COC(=O)c1cc(S(=O)(=O)NCCc2ccc(Oc3ccc(F)c(Cl)c3)cc2)ccc1C. The molecular weight excluding hydrogens is 457 g/mol. The second-order valence-electron chi connectivity index (χ2n) is 6.94. The Bertz CT molecular complexity index is 1230. The van der Waals surface area contributed by atoms with Gasteiger partial charge in [-0.1, -0.05) is 29.8 Å². The van der Waals surface area contributed by atoms with E-state index in [0.717, 1.165) is 5.56 Å². The topological polar surface area (TPSA) is 81.7 Å². The van der Waals surface area contributed by atoms with Crippen LogP contribution in [0.3, 0.4) is 0 Å². The third-order valence-electron chi connectivity index (χ3n) is 4.68. The molecule has 0 aliphatic heterocycles. The molecule has 0 aliphatic carbocycles. The molecule has 3 rings (SSSR count). The van der Waals surface area contributed by atoms with Gasteiger partial charge in [-0.25, -0.2) is 22.3 Å². The Morgan fingerprint density at radius 1 is 1.03 bits per heavy atom. The molecule has 0 amide bonds. The molecule has 0 aromatic heterocycles. The molecular formula is C23H21ClFNO5S. The molecule has 9 heteroatoms. The van der Waals surface area contributed by atoms with Crippen LogP contribution >= 0.6 is 11.6 Å². The highest BCUT2D eigenvalue weighted by Crippen LogP contribution is 2.26. The quantitative estimate of drug-likeness (QED) is 0.467. The highest BCUT2D eigenvalue weighted by molar-refractivity contribution is 7.89. The summed E-state index contributed by atoms with van der Waals surface area (Å²) in [6.45, 7) is 1.87. The lowest BCUT2D eigenvalue weighted by atomic mass is 10.1. The number of benzene rings is 3. The van der Waals surface area contributed by atoms with E-state index in [1.54, 1.807) is 37.3 Å². The molecule has 0 atom stereocenters. The van der Waals surface area contributed by atoms with Gasteiger partial charge in [0.1, 0.15) is 17.3 Å². The zero-order valence-corrected chi connectivity index (χ0v) is 19.0. The van der Waals surface area contributed by atoms with Gasteiger partial charge in [0.25, 0.3) is 0 Å². The van der Waals surface area contributed by atoms with E-state index in [1.165, 1.54) is 37.4 Å². The van der Waals surface area contributed by atoms with Gasteiger partial charge in [-0.15, -0.1) is 0 Å². The number of aryl methyl sites for hydroxylation is 1. The van der Waals surface area contributed by atoms with Crippen LogP contribution in [0.15, 0.2) is 65.6 Å². The van der Waals surface area contributed by atoms with Crippen LogP contribution in [0.25, 0.3) is 0 Å². The van der Waals surface area contributed by atoms with Crippen LogP contribution in [0.4, 0.5) is 4.39 Å². The normalized spacial score (nSPS) is 11.2. The first-order valence-electron chi connectivity index (χ1n) is 9.60.